The number of carbonyl (C=O) groups is 1. The molecule has 1 amide bonds. The summed E-state index contributed by atoms with van der Waals surface area (Å²) >= 11 is 0. The second-order valence-electron chi connectivity index (χ2n) is 5.22. The summed E-state index contributed by atoms with van der Waals surface area (Å²) in [5.41, 5.74) is 3.96. The summed E-state index contributed by atoms with van der Waals surface area (Å²) in [5, 5.41) is 5.99. The molecule has 0 unspecified atom stereocenters. The maximum atomic E-state index is 12.1. The molecular weight excluding hydrogens is 292 g/mol. The molecule has 0 aliphatic carbocycles. The second kappa shape index (κ2) is 7.54. The maximum absolute atomic E-state index is 12.1. The smallest absolute Gasteiger partial charge is 0.243 e. The lowest BCUT2D eigenvalue weighted by molar-refractivity contribution is -0.114. The van der Waals surface area contributed by atoms with E-state index < -0.39 is 0 Å². The first-order chi connectivity index (χ1) is 11.0. The van der Waals surface area contributed by atoms with Gasteiger partial charge in [-0.05, 0) is 43.2 Å². The largest absolute Gasteiger partial charge is 0.493 e. The zero-order valence-electron chi connectivity index (χ0n) is 13.9. The van der Waals surface area contributed by atoms with E-state index in [0.29, 0.717) is 17.2 Å². The number of aryl methyl sites for hydroxylation is 1. The van der Waals surface area contributed by atoms with Gasteiger partial charge in [-0.1, -0.05) is 12.1 Å². The van der Waals surface area contributed by atoms with Crippen molar-refractivity contribution in [2.24, 2.45) is 0 Å². The molecule has 0 saturated carbocycles. The molecule has 0 heterocycles. The number of carbonyl (C=O) groups excluding carboxylic acids is 1. The molecule has 0 aliphatic rings. The van der Waals surface area contributed by atoms with Crippen LogP contribution < -0.4 is 20.1 Å². The first-order valence-electron chi connectivity index (χ1n) is 7.37. The van der Waals surface area contributed by atoms with Gasteiger partial charge in [0.1, 0.15) is 0 Å². The Kier molecular flexibility index (Phi) is 5.46. The third kappa shape index (κ3) is 4.16. The highest BCUT2D eigenvalue weighted by atomic mass is 16.5. The van der Waals surface area contributed by atoms with Crippen molar-refractivity contribution in [1.29, 1.82) is 0 Å². The molecule has 2 N–H and O–H groups in total. The van der Waals surface area contributed by atoms with Crippen molar-refractivity contribution in [3.63, 3.8) is 0 Å². The molecule has 23 heavy (non-hydrogen) atoms. The Bertz CT molecular complexity index is 699. The number of methoxy groups -OCH3 is 2. The molecule has 0 bridgehead atoms. The zero-order valence-corrected chi connectivity index (χ0v) is 13.9. The van der Waals surface area contributed by atoms with Crippen LogP contribution in [-0.2, 0) is 4.79 Å². The summed E-state index contributed by atoms with van der Waals surface area (Å²) < 4.78 is 10.4. The Hall–Kier alpha value is -2.69. The first-order valence-corrected chi connectivity index (χ1v) is 7.37. The third-order valence-electron chi connectivity index (χ3n) is 3.71. The van der Waals surface area contributed by atoms with Gasteiger partial charge in [0.2, 0.25) is 5.91 Å². The van der Waals surface area contributed by atoms with Gasteiger partial charge in [-0.3, -0.25) is 4.79 Å². The van der Waals surface area contributed by atoms with E-state index in [4.69, 9.17) is 9.47 Å². The predicted octanol–water partition coefficient (Wildman–Crippen LogP) is 3.37. The van der Waals surface area contributed by atoms with Gasteiger partial charge in [0, 0.05) is 17.4 Å². The van der Waals surface area contributed by atoms with Crippen molar-refractivity contribution < 1.29 is 14.3 Å². The molecule has 5 nitrogen and oxygen atoms in total. The Balaban J connectivity index is 1.98. The summed E-state index contributed by atoms with van der Waals surface area (Å²) in [6.45, 7) is 4.27. The highest BCUT2D eigenvalue weighted by Crippen LogP contribution is 2.29. The van der Waals surface area contributed by atoms with Crippen LogP contribution in [0.2, 0.25) is 0 Å². The molecule has 0 aromatic heterocycles. The van der Waals surface area contributed by atoms with Crippen LogP contribution in [-0.4, -0.2) is 26.7 Å². The Morgan fingerprint density at radius 2 is 1.78 bits per heavy atom. The standard InChI is InChI=1S/C18H22N2O3/c1-12-6-5-7-15(13(12)2)19-11-18(21)20-14-8-9-16(22-3)17(10-14)23-4/h5-10,19H,11H2,1-4H3,(H,20,21). The van der Waals surface area contributed by atoms with E-state index in [9.17, 15) is 4.79 Å². The maximum Gasteiger partial charge on any atom is 0.243 e. The van der Waals surface area contributed by atoms with Gasteiger partial charge in [-0.25, -0.2) is 0 Å². The lowest BCUT2D eigenvalue weighted by Gasteiger charge is -2.13. The fourth-order valence-corrected chi connectivity index (χ4v) is 2.24. The Morgan fingerprint density at radius 3 is 2.48 bits per heavy atom. The average molecular weight is 314 g/mol. The number of hydrogen-bond donors (Lipinski definition) is 2. The predicted molar refractivity (Wildman–Crippen MR) is 92.6 cm³/mol. The van der Waals surface area contributed by atoms with Crippen LogP contribution >= 0.6 is 0 Å². The van der Waals surface area contributed by atoms with Gasteiger partial charge in [-0.15, -0.1) is 0 Å². The molecule has 2 rings (SSSR count). The molecule has 0 aliphatic heterocycles. The van der Waals surface area contributed by atoms with Crippen molar-refractivity contribution in [3.8, 4) is 11.5 Å². The molecule has 0 saturated heterocycles. The van der Waals surface area contributed by atoms with Crippen LogP contribution in [0.4, 0.5) is 11.4 Å². The highest BCUT2D eigenvalue weighted by molar-refractivity contribution is 5.94. The van der Waals surface area contributed by atoms with E-state index in [-0.39, 0.29) is 12.5 Å². The van der Waals surface area contributed by atoms with E-state index in [1.807, 2.05) is 32.0 Å². The molecule has 5 heteroatoms. The minimum Gasteiger partial charge on any atom is -0.493 e. The molecule has 0 radical (unpaired) electrons. The summed E-state index contributed by atoms with van der Waals surface area (Å²) in [5.74, 6) is 1.07. The van der Waals surface area contributed by atoms with Crippen molar-refractivity contribution in [2.45, 2.75) is 13.8 Å². The number of benzene rings is 2. The van der Waals surface area contributed by atoms with E-state index in [1.165, 1.54) is 5.56 Å². The van der Waals surface area contributed by atoms with Crippen molar-refractivity contribution in [1.82, 2.24) is 0 Å². The summed E-state index contributed by atoms with van der Waals surface area (Å²) in [4.78, 5) is 12.1. The highest BCUT2D eigenvalue weighted by Gasteiger charge is 2.08. The van der Waals surface area contributed by atoms with E-state index >= 15 is 0 Å². The van der Waals surface area contributed by atoms with Crippen molar-refractivity contribution in [2.75, 3.05) is 31.4 Å². The van der Waals surface area contributed by atoms with Gasteiger partial charge < -0.3 is 20.1 Å². The first kappa shape index (κ1) is 16.7. The normalized spacial score (nSPS) is 10.1. The lowest BCUT2D eigenvalue weighted by atomic mass is 10.1. The van der Waals surface area contributed by atoms with Gasteiger partial charge in [0.15, 0.2) is 11.5 Å². The fourth-order valence-electron chi connectivity index (χ4n) is 2.24. The van der Waals surface area contributed by atoms with Crippen molar-refractivity contribution in [3.05, 3.63) is 47.5 Å². The minimum atomic E-state index is -0.127. The molecule has 0 fully saturated rings. The van der Waals surface area contributed by atoms with Crippen LogP contribution in [0.25, 0.3) is 0 Å². The van der Waals surface area contributed by atoms with Crippen LogP contribution in [0.15, 0.2) is 36.4 Å². The van der Waals surface area contributed by atoms with Gasteiger partial charge in [-0.2, -0.15) is 0 Å². The van der Waals surface area contributed by atoms with E-state index in [2.05, 4.69) is 10.6 Å². The van der Waals surface area contributed by atoms with E-state index in [1.54, 1.807) is 32.4 Å². The van der Waals surface area contributed by atoms with Gasteiger partial charge in [0.25, 0.3) is 0 Å². The molecular formula is C18H22N2O3. The topological polar surface area (TPSA) is 59.6 Å². The fraction of sp³-hybridized carbons (Fsp3) is 0.278. The Labute approximate surface area is 136 Å². The van der Waals surface area contributed by atoms with Crippen LogP contribution in [0.3, 0.4) is 0 Å². The summed E-state index contributed by atoms with van der Waals surface area (Å²) in [7, 11) is 3.13. The number of amides is 1. The number of ether oxygens (including phenoxy) is 2. The number of anilines is 2. The SMILES string of the molecule is COc1ccc(NC(=O)CNc2cccc(C)c2C)cc1OC. The van der Waals surface area contributed by atoms with Crippen molar-refractivity contribution >= 4 is 17.3 Å². The lowest BCUT2D eigenvalue weighted by Crippen LogP contribution is -2.22. The molecule has 122 valence electrons. The minimum absolute atomic E-state index is 0.127. The molecule has 2 aromatic rings. The average Bonchev–Trinajstić information content (AvgIpc) is 2.56. The van der Waals surface area contributed by atoms with Gasteiger partial charge >= 0.3 is 0 Å². The second-order valence-corrected chi connectivity index (χ2v) is 5.22. The zero-order chi connectivity index (χ0) is 16.8. The van der Waals surface area contributed by atoms with Crippen LogP contribution in [0.5, 0.6) is 11.5 Å². The number of hydrogen-bond acceptors (Lipinski definition) is 4. The third-order valence-corrected chi connectivity index (χ3v) is 3.71. The molecule has 0 spiro atoms. The molecule has 2 aromatic carbocycles. The number of rotatable bonds is 6. The van der Waals surface area contributed by atoms with Crippen LogP contribution in [0.1, 0.15) is 11.1 Å². The Morgan fingerprint density at radius 1 is 1.04 bits per heavy atom. The molecule has 0 atom stereocenters. The van der Waals surface area contributed by atoms with E-state index in [0.717, 1.165) is 11.3 Å². The monoisotopic (exact) mass is 314 g/mol. The quantitative estimate of drug-likeness (QED) is 0.858. The summed E-state index contributed by atoms with van der Waals surface area (Å²) in [6.07, 6.45) is 0. The van der Waals surface area contributed by atoms with Gasteiger partial charge in [0.05, 0.1) is 20.8 Å². The number of nitrogens with one attached hydrogen (secondary N) is 2. The summed E-state index contributed by atoms with van der Waals surface area (Å²) in [6, 6.07) is 11.2. The van der Waals surface area contributed by atoms with Crippen LogP contribution in [0, 0.1) is 13.8 Å².